The van der Waals surface area contributed by atoms with Crippen molar-refractivity contribution in [1.82, 2.24) is 5.32 Å². The number of aliphatic carboxylic acids is 1. The predicted molar refractivity (Wildman–Crippen MR) is 108 cm³/mol. The van der Waals surface area contributed by atoms with Crippen molar-refractivity contribution in [2.75, 3.05) is 6.61 Å². The quantitative estimate of drug-likeness (QED) is 0.679. The molecule has 30 heavy (non-hydrogen) atoms. The van der Waals surface area contributed by atoms with Gasteiger partial charge < -0.3 is 29.1 Å². The molecule has 0 aliphatic carbocycles. The minimum atomic E-state index is -1.38. The molecular weight excluding hydrogens is 390 g/mol. The van der Waals surface area contributed by atoms with Gasteiger partial charge in [0.15, 0.2) is 6.61 Å². The van der Waals surface area contributed by atoms with Gasteiger partial charge in [-0.05, 0) is 45.6 Å². The number of aryl methyl sites for hydroxylation is 2. The van der Waals surface area contributed by atoms with E-state index in [1.54, 1.807) is 6.07 Å². The number of benzene rings is 1. The molecule has 0 fully saturated rings. The van der Waals surface area contributed by atoms with Crippen LogP contribution in [0.3, 0.4) is 0 Å². The topological polar surface area (TPSA) is 118 Å². The van der Waals surface area contributed by atoms with Crippen LogP contribution in [0.4, 0.5) is 0 Å². The third-order valence-electron chi connectivity index (χ3n) is 5.10. The lowest BCUT2D eigenvalue weighted by Crippen LogP contribution is -2.47. The number of carbonyl (C=O) groups is 2. The summed E-state index contributed by atoms with van der Waals surface area (Å²) < 4.78 is 17.4. The van der Waals surface area contributed by atoms with Gasteiger partial charge in [0.2, 0.25) is 0 Å². The van der Waals surface area contributed by atoms with E-state index in [0.717, 1.165) is 24.0 Å². The van der Waals surface area contributed by atoms with Crippen molar-refractivity contribution in [1.29, 1.82) is 0 Å². The van der Waals surface area contributed by atoms with Crippen molar-refractivity contribution < 1.29 is 28.6 Å². The second-order valence-electron chi connectivity index (χ2n) is 8.15. The van der Waals surface area contributed by atoms with E-state index in [2.05, 4.69) is 5.32 Å². The van der Waals surface area contributed by atoms with Crippen LogP contribution in [0.15, 0.2) is 21.3 Å². The molecule has 0 radical (unpaired) electrons. The average Bonchev–Trinajstić information content (AvgIpc) is 2.64. The molecule has 8 heteroatoms. The first-order valence-electron chi connectivity index (χ1n) is 10.1. The lowest BCUT2D eigenvalue weighted by Gasteiger charge is -2.33. The summed E-state index contributed by atoms with van der Waals surface area (Å²) in [4.78, 5) is 35.1. The molecule has 1 atom stereocenters. The van der Waals surface area contributed by atoms with E-state index in [9.17, 15) is 19.5 Å². The van der Waals surface area contributed by atoms with Gasteiger partial charge in [-0.15, -0.1) is 0 Å². The smallest absolute Gasteiger partial charge is 0.336 e. The zero-order chi connectivity index (χ0) is 22.1. The van der Waals surface area contributed by atoms with Gasteiger partial charge >= 0.3 is 5.63 Å². The molecule has 0 bridgehead atoms. The largest absolute Gasteiger partial charge is 0.548 e. The molecule has 1 aliphatic rings. The van der Waals surface area contributed by atoms with Gasteiger partial charge in [0.1, 0.15) is 22.7 Å². The van der Waals surface area contributed by atoms with Crippen LogP contribution in [-0.4, -0.2) is 30.1 Å². The molecule has 162 valence electrons. The number of carboxylic acid groups (broad SMARTS) is 1. The fourth-order valence-electron chi connectivity index (χ4n) is 3.58. The van der Waals surface area contributed by atoms with Gasteiger partial charge in [-0.3, -0.25) is 4.79 Å². The summed E-state index contributed by atoms with van der Waals surface area (Å²) in [6.07, 6.45) is 2.89. The van der Waals surface area contributed by atoms with E-state index in [0.29, 0.717) is 35.3 Å². The van der Waals surface area contributed by atoms with Crippen molar-refractivity contribution >= 4 is 22.8 Å². The summed E-state index contributed by atoms with van der Waals surface area (Å²) in [6, 6.07) is 2.02. The molecule has 8 nitrogen and oxygen atoms in total. The third kappa shape index (κ3) is 4.58. The summed E-state index contributed by atoms with van der Waals surface area (Å²) in [6.45, 7) is 6.85. The molecule has 1 amide bonds. The van der Waals surface area contributed by atoms with Gasteiger partial charge in [-0.1, -0.05) is 13.3 Å². The van der Waals surface area contributed by atoms with Gasteiger partial charge in [0.25, 0.3) is 5.91 Å². The molecule has 0 saturated heterocycles. The summed E-state index contributed by atoms with van der Waals surface area (Å²) in [5, 5.41) is 13.8. The number of carboxylic acids is 1. The number of carbonyl (C=O) groups excluding carboxylic acids is 2. The number of amides is 1. The van der Waals surface area contributed by atoms with Crippen molar-refractivity contribution in [2.24, 2.45) is 0 Å². The second-order valence-corrected chi connectivity index (χ2v) is 8.15. The van der Waals surface area contributed by atoms with E-state index in [1.807, 2.05) is 20.8 Å². The van der Waals surface area contributed by atoms with Crippen LogP contribution in [0.25, 0.3) is 11.0 Å². The van der Waals surface area contributed by atoms with Crippen LogP contribution in [0.5, 0.6) is 11.5 Å². The van der Waals surface area contributed by atoms with Crippen LogP contribution in [0.1, 0.15) is 51.7 Å². The highest BCUT2D eigenvalue weighted by Gasteiger charge is 2.31. The Morgan fingerprint density at radius 3 is 2.73 bits per heavy atom. The highest BCUT2D eigenvalue weighted by atomic mass is 16.5. The highest BCUT2D eigenvalue weighted by molar-refractivity contribution is 5.92. The van der Waals surface area contributed by atoms with Crippen LogP contribution in [0.2, 0.25) is 0 Å². The van der Waals surface area contributed by atoms with E-state index in [4.69, 9.17) is 13.9 Å². The Morgan fingerprint density at radius 1 is 1.33 bits per heavy atom. The van der Waals surface area contributed by atoms with Gasteiger partial charge in [-0.2, -0.15) is 0 Å². The standard InChI is InChI=1S/C22H27NO7/c1-5-6-13-9-18(25)29-20-14-7-8-22(3,4)30-15(14)10-16(19(13)20)28-11-17(24)23-12(2)21(26)27/h9-10,12H,5-8,11H2,1-4H3,(H,23,24)(H,26,27)/p-1/t12-/m0/s1. The minimum absolute atomic E-state index is 0.352. The Bertz CT molecular complexity index is 1040. The van der Waals surface area contributed by atoms with Crippen LogP contribution in [-0.2, 0) is 22.4 Å². The fraction of sp³-hybridized carbons (Fsp3) is 0.500. The van der Waals surface area contributed by atoms with Crippen LogP contribution >= 0.6 is 0 Å². The zero-order valence-electron chi connectivity index (χ0n) is 17.6. The normalized spacial score (nSPS) is 15.7. The van der Waals surface area contributed by atoms with E-state index >= 15 is 0 Å². The summed E-state index contributed by atoms with van der Waals surface area (Å²) in [5.41, 5.74) is 1.16. The van der Waals surface area contributed by atoms with E-state index in [1.165, 1.54) is 13.0 Å². The van der Waals surface area contributed by atoms with Crippen molar-refractivity contribution in [3.8, 4) is 11.5 Å². The first-order valence-corrected chi connectivity index (χ1v) is 10.1. The molecule has 2 heterocycles. The Hall–Kier alpha value is -3.03. The molecule has 1 aromatic heterocycles. The lowest BCUT2D eigenvalue weighted by atomic mass is 9.91. The first-order chi connectivity index (χ1) is 14.1. The molecule has 2 aromatic rings. The highest BCUT2D eigenvalue weighted by Crippen LogP contribution is 2.43. The number of hydrogen-bond donors (Lipinski definition) is 1. The molecular formula is C22H26NO7-. The average molecular weight is 416 g/mol. The Labute approximate surface area is 174 Å². The van der Waals surface area contributed by atoms with Crippen molar-refractivity contribution in [2.45, 2.75) is 65.0 Å². The monoisotopic (exact) mass is 416 g/mol. The van der Waals surface area contributed by atoms with Gasteiger partial charge in [0.05, 0.1) is 17.4 Å². The number of rotatable bonds is 7. The number of ether oxygens (including phenoxy) is 2. The maximum atomic E-state index is 12.2. The molecule has 1 aliphatic heterocycles. The number of hydrogen-bond acceptors (Lipinski definition) is 7. The maximum absolute atomic E-state index is 12.2. The third-order valence-corrected chi connectivity index (χ3v) is 5.10. The Morgan fingerprint density at radius 2 is 2.07 bits per heavy atom. The fourth-order valence-corrected chi connectivity index (χ4v) is 3.58. The maximum Gasteiger partial charge on any atom is 0.336 e. The molecule has 0 saturated carbocycles. The summed E-state index contributed by atoms with van der Waals surface area (Å²) in [5.74, 6) is -1.09. The minimum Gasteiger partial charge on any atom is -0.548 e. The van der Waals surface area contributed by atoms with Crippen molar-refractivity contribution in [3.05, 3.63) is 33.7 Å². The van der Waals surface area contributed by atoms with Gasteiger partial charge in [0, 0.05) is 17.7 Å². The molecule has 1 N–H and O–H groups in total. The van der Waals surface area contributed by atoms with Crippen molar-refractivity contribution in [3.63, 3.8) is 0 Å². The molecule has 0 spiro atoms. The second kappa shape index (κ2) is 8.38. The van der Waals surface area contributed by atoms with E-state index in [-0.39, 0.29) is 5.60 Å². The Kier molecular flexibility index (Phi) is 6.05. The number of nitrogens with one attached hydrogen (secondary N) is 1. The lowest BCUT2D eigenvalue weighted by molar-refractivity contribution is -0.307. The zero-order valence-corrected chi connectivity index (χ0v) is 17.6. The number of fused-ring (bicyclic) bond motifs is 3. The molecule has 0 unspecified atom stereocenters. The SMILES string of the molecule is CCCc1cc(=O)oc2c3c(cc(OCC(=O)N[C@@H](C)C(=O)[O-])c12)OC(C)(C)CC3. The van der Waals surface area contributed by atoms with E-state index < -0.39 is 30.2 Å². The van der Waals surface area contributed by atoms with Crippen LogP contribution in [0, 0.1) is 0 Å². The summed E-state index contributed by atoms with van der Waals surface area (Å²) in [7, 11) is 0. The summed E-state index contributed by atoms with van der Waals surface area (Å²) >= 11 is 0. The van der Waals surface area contributed by atoms with Crippen LogP contribution < -0.4 is 25.5 Å². The predicted octanol–water partition coefficient (Wildman–Crippen LogP) is 1.48. The van der Waals surface area contributed by atoms with Gasteiger partial charge in [-0.25, -0.2) is 4.79 Å². The molecule has 3 rings (SSSR count). The Balaban J connectivity index is 2.04. The molecule has 1 aromatic carbocycles. The first kappa shape index (κ1) is 21.7.